The van der Waals surface area contributed by atoms with E-state index >= 15 is 0 Å². The minimum absolute atomic E-state index is 0.0574. The number of fused-ring (bicyclic) bond motifs is 1. The fourth-order valence-corrected chi connectivity index (χ4v) is 5.35. The first-order chi connectivity index (χ1) is 13.1. The third-order valence-electron chi connectivity index (χ3n) is 5.03. The van der Waals surface area contributed by atoms with Gasteiger partial charge in [-0.15, -0.1) is 0 Å². The Morgan fingerprint density at radius 1 is 1.33 bits per heavy atom. The molecule has 2 aliphatic rings. The van der Waals surface area contributed by atoms with E-state index in [1.54, 1.807) is 24.0 Å². The summed E-state index contributed by atoms with van der Waals surface area (Å²) < 4.78 is 5.61. The number of phenolic OH excluding ortho intramolecular Hbond substituents is 1. The molecule has 0 bridgehead atoms. The van der Waals surface area contributed by atoms with Crippen LogP contribution in [0.3, 0.4) is 0 Å². The lowest BCUT2D eigenvalue weighted by Crippen LogP contribution is -2.35. The maximum atomic E-state index is 10.2. The average Bonchev–Trinajstić information content (AvgIpc) is 3.24. The fourth-order valence-electron chi connectivity index (χ4n) is 3.74. The van der Waals surface area contributed by atoms with Gasteiger partial charge in [-0.1, -0.05) is 36.4 Å². The van der Waals surface area contributed by atoms with Crippen LogP contribution >= 0.6 is 23.4 Å². The third-order valence-corrected chi connectivity index (χ3v) is 6.48. The number of rotatable bonds is 5. The second kappa shape index (κ2) is 7.60. The molecular formula is C20H22ClN3O2S. The van der Waals surface area contributed by atoms with Gasteiger partial charge in [0.1, 0.15) is 6.04 Å². The van der Waals surface area contributed by atoms with Crippen molar-refractivity contribution in [2.75, 3.05) is 12.4 Å². The summed E-state index contributed by atoms with van der Waals surface area (Å²) in [6.07, 6.45) is 2.83. The minimum Gasteiger partial charge on any atom is -0.504 e. The molecule has 3 atom stereocenters. The number of phenols is 1. The summed E-state index contributed by atoms with van der Waals surface area (Å²) >= 11 is 8.39. The van der Waals surface area contributed by atoms with E-state index in [1.165, 1.54) is 0 Å². The van der Waals surface area contributed by atoms with Crippen LogP contribution in [0.5, 0.6) is 11.5 Å². The Bertz CT molecular complexity index is 862. The van der Waals surface area contributed by atoms with Gasteiger partial charge in [-0.25, -0.2) is 0 Å². The largest absolute Gasteiger partial charge is 0.504 e. The van der Waals surface area contributed by atoms with Crippen LogP contribution < -0.4 is 4.74 Å². The van der Waals surface area contributed by atoms with Crippen molar-refractivity contribution in [3.63, 3.8) is 0 Å². The monoisotopic (exact) mass is 403 g/mol. The highest BCUT2D eigenvalue weighted by Crippen LogP contribution is 2.51. The van der Waals surface area contributed by atoms with Gasteiger partial charge in [0.05, 0.1) is 18.3 Å². The number of thioether (sulfide) groups is 1. The molecule has 4 rings (SSSR count). The van der Waals surface area contributed by atoms with Crippen molar-refractivity contribution in [1.29, 1.82) is 0 Å². The Kier molecular flexibility index (Phi) is 5.19. The molecule has 1 saturated heterocycles. The summed E-state index contributed by atoms with van der Waals surface area (Å²) in [5.41, 5.74) is 1.83. The van der Waals surface area contributed by atoms with Crippen molar-refractivity contribution in [3.05, 3.63) is 52.8 Å². The van der Waals surface area contributed by atoms with Crippen LogP contribution in [0.2, 0.25) is 5.02 Å². The number of amidine groups is 1. The smallest absolute Gasteiger partial charge is 0.161 e. The molecule has 0 spiro atoms. The molecule has 0 aliphatic carbocycles. The van der Waals surface area contributed by atoms with E-state index < -0.39 is 0 Å². The van der Waals surface area contributed by atoms with E-state index in [1.807, 2.05) is 31.2 Å². The van der Waals surface area contributed by atoms with Crippen LogP contribution in [0.25, 0.3) is 0 Å². The molecule has 7 heteroatoms. The normalized spacial score (nSPS) is 24.0. The van der Waals surface area contributed by atoms with Gasteiger partial charge in [0.2, 0.25) is 0 Å². The number of benzene rings is 1. The quantitative estimate of drug-likeness (QED) is 0.775. The van der Waals surface area contributed by atoms with E-state index in [2.05, 4.69) is 16.8 Å². The van der Waals surface area contributed by atoms with Crippen molar-refractivity contribution in [2.24, 2.45) is 4.99 Å². The van der Waals surface area contributed by atoms with E-state index in [0.717, 1.165) is 28.6 Å². The maximum Gasteiger partial charge on any atom is 0.161 e. The Labute approximate surface area is 168 Å². The number of halogens is 1. The van der Waals surface area contributed by atoms with E-state index in [0.29, 0.717) is 23.4 Å². The number of nitrogens with zero attached hydrogens (tertiary/aromatic N) is 3. The Balaban J connectivity index is 1.83. The SMILES string of the molecule is CCOc1cc([C@@H]2[C@H](c3ccccn3)N=C3SC[C@@H](CC)N32)c(Cl)cc1O. The highest BCUT2D eigenvalue weighted by Gasteiger charge is 2.46. The number of aromatic hydroxyl groups is 1. The molecule has 1 fully saturated rings. The number of ether oxygens (including phenoxy) is 1. The molecule has 0 unspecified atom stereocenters. The molecule has 27 heavy (non-hydrogen) atoms. The Hall–Kier alpha value is -1.92. The predicted octanol–water partition coefficient (Wildman–Crippen LogP) is 4.82. The summed E-state index contributed by atoms with van der Waals surface area (Å²) in [5, 5.41) is 11.8. The molecule has 5 nitrogen and oxygen atoms in total. The molecule has 3 heterocycles. The van der Waals surface area contributed by atoms with Crippen molar-refractivity contribution >= 4 is 28.5 Å². The van der Waals surface area contributed by atoms with Gasteiger partial charge in [-0.3, -0.25) is 9.98 Å². The first-order valence-corrected chi connectivity index (χ1v) is 10.6. The molecule has 2 aliphatic heterocycles. The average molecular weight is 404 g/mol. The molecule has 1 aromatic carbocycles. The van der Waals surface area contributed by atoms with E-state index in [-0.39, 0.29) is 17.8 Å². The molecule has 1 aromatic heterocycles. The Morgan fingerprint density at radius 2 is 2.19 bits per heavy atom. The van der Waals surface area contributed by atoms with Gasteiger partial charge < -0.3 is 14.7 Å². The van der Waals surface area contributed by atoms with Gasteiger partial charge in [0.25, 0.3) is 0 Å². The van der Waals surface area contributed by atoms with Crippen molar-refractivity contribution in [1.82, 2.24) is 9.88 Å². The number of aromatic nitrogens is 1. The summed E-state index contributed by atoms with van der Waals surface area (Å²) in [6, 6.07) is 9.52. The lowest BCUT2D eigenvalue weighted by atomic mass is 9.94. The van der Waals surface area contributed by atoms with Crippen LogP contribution in [0.1, 0.15) is 43.6 Å². The van der Waals surface area contributed by atoms with Crippen LogP contribution in [-0.2, 0) is 0 Å². The first kappa shape index (κ1) is 18.4. The minimum atomic E-state index is -0.139. The molecule has 0 amide bonds. The summed E-state index contributed by atoms with van der Waals surface area (Å²) in [5.74, 6) is 1.53. The van der Waals surface area contributed by atoms with Crippen LogP contribution in [0, 0.1) is 0 Å². The molecular weight excluding hydrogens is 382 g/mol. The van der Waals surface area contributed by atoms with Gasteiger partial charge in [0.15, 0.2) is 16.7 Å². The summed E-state index contributed by atoms with van der Waals surface area (Å²) in [4.78, 5) is 11.9. The highest BCUT2D eigenvalue weighted by molar-refractivity contribution is 8.14. The standard InChI is InChI=1S/C20H22ClN3O2S/c1-3-12-11-27-20-23-18(15-7-5-6-8-22-15)19(24(12)20)13-9-17(26-4-2)16(25)10-14(13)21/h5-10,12,18-19,25H,3-4,11H2,1-2H3/t12-,18+,19-/m1/s1. The van der Waals surface area contributed by atoms with E-state index in [4.69, 9.17) is 21.3 Å². The van der Waals surface area contributed by atoms with Crippen LogP contribution in [0.4, 0.5) is 0 Å². The number of hydrogen-bond donors (Lipinski definition) is 1. The molecule has 2 aromatic rings. The number of hydrogen-bond acceptors (Lipinski definition) is 6. The second-order valence-corrected chi connectivity index (χ2v) is 8.01. The van der Waals surface area contributed by atoms with Crippen LogP contribution in [-0.4, -0.2) is 38.6 Å². The topological polar surface area (TPSA) is 58.0 Å². The summed E-state index contributed by atoms with van der Waals surface area (Å²) in [7, 11) is 0. The van der Waals surface area contributed by atoms with Crippen LogP contribution in [0.15, 0.2) is 41.5 Å². The number of aliphatic imine (C=N–C) groups is 1. The van der Waals surface area contributed by atoms with Gasteiger partial charge in [-0.05, 0) is 37.1 Å². The Morgan fingerprint density at radius 3 is 2.89 bits per heavy atom. The first-order valence-electron chi connectivity index (χ1n) is 9.19. The summed E-state index contributed by atoms with van der Waals surface area (Å²) in [6.45, 7) is 4.57. The van der Waals surface area contributed by atoms with Crippen molar-refractivity contribution < 1.29 is 9.84 Å². The zero-order chi connectivity index (χ0) is 19.0. The highest BCUT2D eigenvalue weighted by atomic mass is 35.5. The van der Waals surface area contributed by atoms with Gasteiger partial charge in [0, 0.05) is 29.1 Å². The lowest BCUT2D eigenvalue weighted by Gasteiger charge is -2.32. The lowest BCUT2D eigenvalue weighted by molar-refractivity contribution is 0.253. The molecule has 1 N–H and O–H groups in total. The molecule has 142 valence electrons. The molecule has 0 radical (unpaired) electrons. The maximum absolute atomic E-state index is 10.2. The third kappa shape index (κ3) is 3.25. The predicted molar refractivity (Wildman–Crippen MR) is 110 cm³/mol. The van der Waals surface area contributed by atoms with E-state index in [9.17, 15) is 5.11 Å². The molecule has 0 saturated carbocycles. The van der Waals surface area contributed by atoms with Gasteiger partial charge in [-0.2, -0.15) is 0 Å². The second-order valence-electron chi connectivity index (χ2n) is 6.61. The fraction of sp³-hybridized carbons (Fsp3) is 0.400. The van der Waals surface area contributed by atoms with Crippen molar-refractivity contribution in [2.45, 2.75) is 38.4 Å². The number of pyridine rings is 1. The van der Waals surface area contributed by atoms with Gasteiger partial charge >= 0.3 is 0 Å². The zero-order valence-corrected chi connectivity index (χ0v) is 16.9. The zero-order valence-electron chi connectivity index (χ0n) is 15.3. The van der Waals surface area contributed by atoms with Crippen molar-refractivity contribution in [3.8, 4) is 11.5 Å².